The summed E-state index contributed by atoms with van der Waals surface area (Å²) in [6, 6.07) is 8.34. The van der Waals surface area contributed by atoms with Crippen molar-refractivity contribution in [2.24, 2.45) is 12.0 Å². The van der Waals surface area contributed by atoms with E-state index in [2.05, 4.69) is 4.99 Å². The van der Waals surface area contributed by atoms with Crippen LogP contribution in [0.5, 0.6) is 5.75 Å². The number of rotatable bonds is 6. The summed E-state index contributed by atoms with van der Waals surface area (Å²) >= 11 is 0. The van der Waals surface area contributed by atoms with Crippen molar-refractivity contribution in [1.82, 2.24) is 9.13 Å². The minimum absolute atomic E-state index is 0.00610. The topological polar surface area (TPSA) is 74.8 Å². The SMILES string of the molecule is CCCCOC(=O)N=c1n(C)ccn1Cc1cc2c(c(-c3ccc(F)cc3C)c1)OCCC2=O. The van der Waals surface area contributed by atoms with Gasteiger partial charge in [0.2, 0.25) is 5.62 Å². The van der Waals surface area contributed by atoms with Gasteiger partial charge in [-0.25, -0.2) is 9.18 Å². The molecule has 0 saturated heterocycles. The Kier molecular flexibility index (Phi) is 6.95. The third-order valence-electron chi connectivity index (χ3n) is 5.81. The second kappa shape index (κ2) is 10.1. The molecule has 1 amide bonds. The van der Waals surface area contributed by atoms with Crippen molar-refractivity contribution >= 4 is 11.9 Å². The number of aromatic nitrogens is 2. The highest BCUT2D eigenvalue weighted by molar-refractivity contribution is 6.02. The maximum atomic E-state index is 13.7. The van der Waals surface area contributed by atoms with Gasteiger partial charge in [0.05, 0.1) is 25.3 Å². The number of ether oxygens (including phenoxy) is 2. The molecule has 0 unspecified atom stereocenters. The molecule has 8 heteroatoms. The first-order valence-corrected chi connectivity index (χ1v) is 11.4. The largest absolute Gasteiger partial charge is 0.492 e. The monoisotopic (exact) mass is 465 g/mol. The van der Waals surface area contributed by atoms with Crippen molar-refractivity contribution in [2.75, 3.05) is 13.2 Å². The molecule has 1 aliphatic heterocycles. The summed E-state index contributed by atoms with van der Waals surface area (Å²) in [6.07, 6.45) is 5.00. The van der Waals surface area contributed by atoms with Gasteiger partial charge < -0.3 is 18.6 Å². The number of fused-ring (bicyclic) bond motifs is 1. The summed E-state index contributed by atoms with van der Waals surface area (Å²) in [5.74, 6) is 0.212. The molecule has 34 heavy (non-hydrogen) atoms. The molecule has 0 radical (unpaired) electrons. The van der Waals surface area contributed by atoms with Crippen LogP contribution in [-0.2, 0) is 18.3 Å². The lowest BCUT2D eigenvalue weighted by atomic mass is 9.92. The van der Waals surface area contributed by atoms with Gasteiger partial charge in [0.1, 0.15) is 11.6 Å². The second-order valence-electron chi connectivity index (χ2n) is 8.42. The second-order valence-corrected chi connectivity index (χ2v) is 8.42. The van der Waals surface area contributed by atoms with E-state index in [0.717, 1.165) is 35.1 Å². The van der Waals surface area contributed by atoms with Crippen LogP contribution in [0.3, 0.4) is 0 Å². The fourth-order valence-corrected chi connectivity index (χ4v) is 4.05. The first-order valence-electron chi connectivity index (χ1n) is 11.4. The number of hydrogen-bond donors (Lipinski definition) is 0. The highest BCUT2D eigenvalue weighted by atomic mass is 19.1. The average molecular weight is 466 g/mol. The Balaban J connectivity index is 1.75. The highest BCUT2D eigenvalue weighted by Crippen LogP contribution is 2.39. The molecule has 0 fully saturated rings. The summed E-state index contributed by atoms with van der Waals surface area (Å²) < 4.78 is 28.4. The maximum absolute atomic E-state index is 13.7. The van der Waals surface area contributed by atoms with Gasteiger partial charge in [-0.15, -0.1) is 4.99 Å². The summed E-state index contributed by atoms with van der Waals surface area (Å²) in [5.41, 5.74) is 4.07. The zero-order valence-corrected chi connectivity index (χ0v) is 19.6. The lowest BCUT2D eigenvalue weighted by Gasteiger charge is -2.22. The third kappa shape index (κ3) is 4.95. The number of benzene rings is 2. The molecule has 4 rings (SSSR count). The minimum Gasteiger partial charge on any atom is -0.492 e. The first kappa shape index (κ1) is 23.5. The lowest BCUT2D eigenvalue weighted by Crippen LogP contribution is -2.26. The fourth-order valence-electron chi connectivity index (χ4n) is 4.05. The van der Waals surface area contributed by atoms with Crippen molar-refractivity contribution in [3.05, 3.63) is 70.9 Å². The number of Topliss-reactive ketones (excluding diaryl/α,β-unsaturated/α-hetero) is 1. The van der Waals surface area contributed by atoms with E-state index in [1.54, 1.807) is 23.9 Å². The Morgan fingerprint density at radius 3 is 2.74 bits per heavy atom. The molecule has 1 aliphatic rings. The van der Waals surface area contributed by atoms with Gasteiger partial charge in [-0.05, 0) is 54.3 Å². The smallest absolute Gasteiger partial charge is 0.436 e. The van der Waals surface area contributed by atoms with Crippen molar-refractivity contribution in [1.29, 1.82) is 0 Å². The van der Waals surface area contributed by atoms with Gasteiger partial charge in [-0.3, -0.25) is 4.79 Å². The Hall–Kier alpha value is -3.68. The molecule has 3 aromatic rings. The Labute approximate surface area is 197 Å². The molecular formula is C26H28FN3O4. The normalized spacial score (nSPS) is 13.5. The number of unbranched alkanes of at least 4 members (excludes halogenated alkanes) is 1. The third-order valence-corrected chi connectivity index (χ3v) is 5.81. The van der Waals surface area contributed by atoms with Crippen LogP contribution in [0.4, 0.5) is 9.18 Å². The van der Waals surface area contributed by atoms with Crippen molar-refractivity contribution < 1.29 is 23.5 Å². The number of hydrogen-bond acceptors (Lipinski definition) is 4. The molecule has 2 aromatic carbocycles. The van der Waals surface area contributed by atoms with Crippen LogP contribution < -0.4 is 10.4 Å². The molecule has 0 N–H and O–H groups in total. The first-order chi connectivity index (χ1) is 16.4. The number of nitrogens with zero attached hydrogens (tertiary/aromatic N) is 3. The number of ketones is 1. The average Bonchev–Trinajstić information content (AvgIpc) is 3.13. The van der Waals surface area contributed by atoms with E-state index in [1.165, 1.54) is 12.1 Å². The summed E-state index contributed by atoms with van der Waals surface area (Å²) in [6.45, 7) is 4.86. The molecule has 0 bridgehead atoms. The van der Waals surface area contributed by atoms with E-state index in [4.69, 9.17) is 9.47 Å². The molecule has 178 valence electrons. The van der Waals surface area contributed by atoms with Gasteiger partial charge in [0.15, 0.2) is 5.78 Å². The van der Waals surface area contributed by atoms with Crippen LogP contribution in [-0.4, -0.2) is 34.2 Å². The Morgan fingerprint density at radius 1 is 1.18 bits per heavy atom. The number of imidazole rings is 1. The van der Waals surface area contributed by atoms with Crippen LogP contribution in [0.2, 0.25) is 0 Å². The van der Waals surface area contributed by atoms with Gasteiger partial charge in [-0.1, -0.05) is 19.4 Å². The molecule has 0 aliphatic carbocycles. The molecule has 0 saturated carbocycles. The molecule has 1 aromatic heterocycles. The van der Waals surface area contributed by atoms with Crippen molar-refractivity contribution in [3.8, 4) is 16.9 Å². The maximum Gasteiger partial charge on any atom is 0.436 e. The highest BCUT2D eigenvalue weighted by Gasteiger charge is 2.24. The Bertz CT molecular complexity index is 1310. The predicted octanol–water partition coefficient (Wildman–Crippen LogP) is 4.79. The van der Waals surface area contributed by atoms with Crippen LogP contribution in [0.15, 0.2) is 47.7 Å². The van der Waals surface area contributed by atoms with Crippen LogP contribution >= 0.6 is 0 Å². The van der Waals surface area contributed by atoms with E-state index in [1.807, 2.05) is 36.7 Å². The molecule has 7 nitrogen and oxygen atoms in total. The number of carbonyl (C=O) groups excluding carboxylic acids is 2. The molecule has 0 spiro atoms. The minimum atomic E-state index is -0.638. The van der Waals surface area contributed by atoms with Crippen LogP contribution in [0, 0.1) is 12.7 Å². The standard InChI is InChI=1S/C26H28FN3O4/c1-4-5-11-34-26(32)28-25-29(3)9-10-30(25)16-18-14-21(20-7-6-19(27)13-17(20)2)24-22(15-18)23(31)8-12-33-24/h6-7,9-10,13-15H,4-5,8,11-12,16H2,1-3H3. The lowest BCUT2D eigenvalue weighted by molar-refractivity contribution is 0.0933. The van der Waals surface area contributed by atoms with E-state index in [-0.39, 0.29) is 11.6 Å². The van der Waals surface area contributed by atoms with Gasteiger partial charge in [-0.2, -0.15) is 0 Å². The van der Waals surface area contributed by atoms with Gasteiger partial charge in [0, 0.05) is 31.4 Å². The Morgan fingerprint density at radius 2 is 1.97 bits per heavy atom. The summed E-state index contributed by atoms with van der Waals surface area (Å²) in [7, 11) is 1.80. The van der Waals surface area contributed by atoms with E-state index >= 15 is 0 Å². The summed E-state index contributed by atoms with van der Waals surface area (Å²) in [5, 5.41) is 0. The van der Waals surface area contributed by atoms with E-state index in [0.29, 0.717) is 43.1 Å². The number of carbonyl (C=O) groups is 2. The van der Waals surface area contributed by atoms with E-state index < -0.39 is 6.09 Å². The van der Waals surface area contributed by atoms with Crippen molar-refractivity contribution in [2.45, 2.75) is 39.7 Å². The quantitative estimate of drug-likeness (QED) is 0.491. The van der Waals surface area contributed by atoms with Gasteiger partial charge >= 0.3 is 6.09 Å². The van der Waals surface area contributed by atoms with Crippen molar-refractivity contribution in [3.63, 3.8) is 0 Å². The molecule has 2 heterocycles. The molecular weight excluding hydrogens is 437 g/mol. The zero-order chi connectivity index (χ0) is 24.2. The number of halogens is 1. The van der Waals surface area contributed by atoms with Crippen LogP contribution in [0.1, 0.15) is 47.7 Å². The van der Waals surface area contributed by atoms with E-state index in [9.17, 15) is 14.0 Å². The predicted molar refractivity (Wildman–Crippen MR) is 125 cm³/mol. The molecule has 0 atom stereocenters. The fraction of sp³-hybridized carbons (Fsp3) is 0.346. The number of amides is 1. The zero-order valence-electron chi connectivity index (χ0n) is 19.6. The van der Waals surface area contributed by atoms with Gasteiger partial charge in [0.25, 0.3) is 0 Å². The van der Waals surface area contributed by atoms with Crippen LogP contribution in [0.25, 0.3) is 11.1 Å². The number of aryl methyl sites for hydroxylation is 2. The summed E-state index contributed by atoms with van der Waals surface area (Å²) in [4.78, 5) is 29.0.